The molecule has 21 heavy (non-hydrogen) atoms. The largest absolute Gasteiger partial charge is 0.396 e. The number of hydrogen-bond donors (Lipinski definition) is 3. The first-order chi connectivity index (χ1) is 10.1. The lowest BCUT2D eigenvalue weighted by Crippen LogP contribution is -2.40. The molecule has 0 atom stereocenters. The highest BCUT2D eigenvalue weighted by Gasteiger charge is 2.26. The molecule has 1 amide bonds. The number of aromatic nitrogens is 2. The van der Waals surface area contributed by atoms with Crippen molar-refractivity contribution in [1.82, 2.24) is 14.9 Å². The number of carbonyl (C=O) groups excluding carboxylic acids is 1. The van der Waals surface area contributed by atoms with Gasteiger partial charge in [0.15, 0.2) is 5.69 Å². The Hall–Kier alpha value is -1.73. The second-order valence-electron chi connectivity index (χ2n) is 5.71. The second kappa shape index (κ2) is 6.82. The first-order valence-electron chi connectivity index (χ1n) is 7.30. The number of aliphatic hydroxyl groups excluding tert-OH is 1. The summed E-state index contributed by atoms with van der Waals surface area (Å²) in [6, 6.07) is 0. The van der Waals surface area contributed by atoms with Gasteiger partial charge in [-0.25, -0.2) is 9.97 Å². The highest BCUT2D eigenvalue weighted by atomic mass is 16.3. The summed E-state index contributed by atoms with van der Waals surface area (Å²) >= 11 is 0. The molecule has 0 aromatic carbocycles. The van der Waals surface area contributed by atoms with Crippen molar-refractivity contribution in [2.75, 3.05) is 25.1 Å². The number of rotatable bonds is 4. The minimum absolute atomic E-state index is 0.136. The van der Waals surface area contributed by atoms with Crippen molar-refractivity contribution in [1.29, 1.82) is 0 Å². The molecule has 0 bridgehead atoms. The lowest BCUT2D eigenvalue weighted by atomic mass is 9.97. The third-order valence-corrected chi connectivity index (χ3v) is 3.84. The van der Waals surface area contributed by atoms with Crippen LogP contribution in [0.2, 0.25) is 0 Å². The zero-order valence-electron chi connectivity index (χ0n) is 12.5. The molecule has 4 N–H and O–H groups in total. The normalized spacial score (nSPS) is 16.3. The van der Waals surface area contributed by atoms with Gasteiger partial charge in [0.25, 0.3) is 5.91 Å². The van der Waals surface area contributed by atoms with Gasteiger partial charge in [-0.3, -0.25) is 10.6 Å². The molecule has 2 rings (SSSR count). The van der Waals surface area contributed by atoms with Crippen LogP contribution < -0.4 is 11.3 Å². The predicted molar refractivity (Wildman–Crippen MR) is 79.6 cm³/mol. The van der Waals surface area contributed by atoms with Gasteiger partial charge in [-0.2, -0.15) is 0 Å². The molecule has 7 nitrogen and oxygen atoms in total. The summed E-state index contributed by atoms with van der Waals surface area (Å²) in [5.41, 5.74) is 3.25. The van der Waals surface area contributed by atoms with Crippen molar-refractivity contribution in [3.8, 4) is 0 Å². The van der Waals surface area contributed by atoms with Gasteiger partial charge in [0.2, 0.25) is 0 Å². The number of anilines is 1. The average molecular weight is 293 g/mol. The Morgan fingerprint density at radius 2 is 2.19 bits per heavy atom. The fraction of sp³-hybridized carbons (Fsp3) is 0.643. The van der Waals surface area contributed by atoms with Crippen LogP contribution in [-0.2, 0) is 0 Å². The molecule has 1 aliphatic rings. The summed E-state index contributed by atoms with van der Waals surface area (Å²) in [4.78, 5) is 23.0. The van der Waals surface area contributed by atoms with Crippen LogP contribution in [0.25, 0.3) is 0 Å². The first-order valence-corrected chi connectivity index (χ1v) is 7.30. The van der Waals surface area contributed by atoms with Crippen LogP contribution in [0.3, 0.4) is 0 Å². The Morgan fingerprint density at radius 3 is 2.71 bits per heavy atom. The molecule has 7 heteroatoms. The summed E-state index contributed by atoms with van der Waals surface area (Å²) < 4.78 is 0. The number of aliphatic hydroxyl groups is 1. The number of amides is 1. The van der Waals surface area contributed by atoms with Crippen LogP contribution >= 0.6 is 0 Å². The highest BCUT2D eigenvalue weighted by molar-refractivity contribution is 5.97. The van der Waals surface area contributed by atoms with E-state index >= 15 is 0 Å². The molecule has 0 saturated carbocycles. The van der Waals surface area contributed by atoms with Gasteiger partial charge in [0, 0.05) is 25.6 Å². The molecule has 0 spiro atoms. The van der Waals surface area contributed by atoms with Gasteiger partial charge < -0.3 is 15.4 Å². The minimum Gasteiger partial charge on any atom is -0.396 e. The zero-order chi connectivity index (χ0) is 15.4. The molecule has 1 aliphatic heterocycles. The van der Waals surface area contributed by atoms with Gasteiger partial charge in [0.1, 0.15) is 5.82 Å². The lowest BCUT2D eigenvalue weighted by Gasteiger charge is -2.31. The average Bonchev–Trinajstić information content (AvgIpc) is 2.53. The number of piperidine rings is 1. The summed E-state index contributed by atoms with van der Waals surface area (Å²) in [5, 5.41) is 9.16. The molecule has 1 aromatic heterocycles. The minimum atomic E-state index is -0.136. The van der Waals surface area contributed by atoms with E-state index in [1.807, 2.05) is 13.8 Å². The molecule has 0 aliphatic carbocycles. The van der Waals surface area contributed by atoms with E-state index in [9.17, 15) is 4.79 Å². The number of nitrogen functional groups attached to an aromatic ring is 1. The Bertz CT molecular complexity index is 498. The van der Waals surface area contributed by atoms with Crippen molar-refractivity contribution in [3.63, 3.8) is 0 Å². The third kappa shape index (κ3) is 3.48. The predicted octanol–water partition coefficient (Wildman–Crippen LogP) is 0.730. The van der Waals surface area contributed by atoms with E-state index in [2.05, 4.69) is 15.4 Å². The van der Waals surface area contributed by atoms with Crippen LogP contribution in [0.4, 0.5) is 5.69 Å². The van der Waals surface area contributed by atoms with Crippen LogP contribution in [0, 0.1) is 5.92 Å². The number of nitrogens with one attached hydrogen (secondary N) is 1. The molecule has 0 radical (unpaired) electrons. The molecular weight excluding hydrogens is 270 g/mol. The quantitative estimate of drug-likeness (QED) is 0.558. The summed E-state index contributed by atoms with van der Waals surface area (Å²) in [7, 11) is 0. The van der Waals surface area contributed by atoms with E-state index < -0.39 is 0 Å². The van der Waals surface area contributed by atoms with Crippen LogP contribution in [0.1, 0.15) is 48.9 Å². The van der Waals surface area contributed by atoms with Crippen LogP contribution in [0.5, 0.6) is 0 Å². The maximum atomic E-state index is 12.6. The highest BCUT2D eigenvalue weighted by Crippen LogP contribution is 2.21. The van der Waals surface area contributed by atoms with E-state index in [-0.39, 0.29) is 24.3 Å². The van der Waals surface area contributed by atoms with E-state index in [0.29, 0.717) is 30.3 Å². The topological polar surface area (TPSA) is 104 Å². The van der Waals surface area contributed by atoms with Crippen LogP contribution in [-0.4, -0.2) is 45.6 Å². The Labute approximate surface area is 124 Å². The lowest BCUT2D eigenvalue weighted by molar-refractivity contribution is 0.0645. The SMILES string of the molecule is CC(C)c1ncc(NN)c(C(=O)N2CCC(CO)CC2)n1. The fourth-order valence-electron chi connectivity index (χ4n) is 2.41. The molecule has 1 saturated heterocycles. The second-order valence-corrected chi connectivity index (χ2v) is 5.71. The van der Waals surface area contributed by atoms with Gasteiger partial charge in [-0.15, -0.1) is 0 Å². The maximum absolute atomic E-state index is 12.6. The summed E-state index contributed by atoms with van der Waals surface area (Å²) in [6.07, 6.45) is 3.18. The number of nitrogens with two attached hydrogens (primary N) is 1. The zero-order valence-corrected chi connectivity index (χ0v) is 12.5. The third-order valence-electron chi connectivity index (χ3n) is 3.84. The Morgan fingerprint density at radius 1 is 1.52 bits per heavy atom. The summed E-state index contributed by atoms with van der Waals surface area (Å²) in [6.45, 7) is 5.41. The van der Waals surface area contributed by atoms with E-state index in [1.54, 1.807) is 11.1 Å². The van der Waals surface area contributed by atoms with Crippen molar-refractivity contribution >= 4 is 11.6 Å². The van der Waals surface area contributed by atoms with Gasteiger partial charge in [0.05, 0.1) is 11.9 Å². The molecular formula is C14H23N5O2. The number of carbonyl (C=O) groups is 1. The van der Waals surface area contributed by atoms with Gasteiger partial charge in [-0.05, 0) is 18.8 Å². The molecule has 1 aromatic rings. The standard InChI is InChI=1S/C14H23N5O2/c1-9(2)13-16-7-11(18-15)12(17-13)14(21)19-5-3-10(8-20)4-6-19/h7,9-10,18,20H,3-6,8,15H2,1-2H3. The Balaban J connectivity index is 2.20. The fourth-order valence-corrected chi connectivity index (χ4v) is 2.41. The first kappa shape index (κ1) is 15.7. The Kier molecular flexibility index (Phi) is 5.08. The van der Waals surface area contributed by atoms with E-state index in [1.165, 1.54) is 0 Å². The van der Waals surface area contributed by atoms with Crippen LogP contribution in [0.15, 0.2) is 6.20 Å². The van der Waals surface area contributed by atoms with Gasteiger partial charge in [-0.1, -0.05) is 13.8 Å². The van der Waals surface area contributed by atoms with E-state index in [4.69, 9.17) is 10.9 Å². The molecule has 1 fully saturated rings. The molecule has 0 unspecified atom stereocenters. The number of hydrazine groups is 1. The number of nitrogens with zero attached hydrogens (tertiary/aromatic N) is 3. The van der Waals surface area contributed by atoms with Crippen molar-refractivity contribution in [2.45, 2.75) is 32.6 Å². The number of likely N-dealkylation sites (tertiary alicyclic amines) is 1. The van der Waals surface area contributed by atoms with Crippen molar-refractivity contribution < 1.29 is 9.90 Å². The monoisotopic (exact) mass is 293 g/mol. The smallest absolute Gasteiger partial charge is 0.274 e. The summed E-state index contributed by atoms with van der Waals surface area (Å²) in [5.74, 6) is 6.38. The van der Waals surface area contributed by atoms with Gasteiger partial charge >= 0.3 is 0 Å². The molecule has 2 heterocycles. The molecule has 116 valence electrons. The van der Waals surface area contributed by atoms with Crippen molar-refractivity contribution in [2.24, 2.45) is 11.8 Å². The van der Waals surface area contributed by atoms with E-state index in [0.717, 1.165) is 12.8 Å². The number of hydrogen-bond acceptors (Lipinski definition) is 6. The maximum Gasteiger partial charge on any atom is 0.274 e. The van der Waals surface area contributed by atoms with Crippen molar-refractivity contribution in [3.05, 3.63) is 17.7 Å².